The molecule has 0 radical (unpaired) electrons. The van der Waals surface area contributed by atoms with E-state index in [1.165, 1.54) is 24.8 Å². The smallest absolute Gasteiger partial charge is 0.224 e. The van der Waals surface area contributed by atoms with E-state index in [-0.39, 0.29) is 17.2 Å². The Kier molecular flexibility index (Phi) is 4.59. The Morgan fingerprint density at radius 1 is 1.32 bits per heavy atom. The lowest BCUT2D eigenvalue weighted by molar-refractivity contribution is -0.124. The molecule has 1 aromatic carbocycles. The normalized spacial score (nSPS) is 18.4. The summed E-state index contributed by atoms with van der Waals surface area (Å²) in [5.74, 6) is 0.175. The third-order valence-electron chi connectivity index (χ3n) is 4.26. The Labute approximate surface area is 115 Å². The Bertz CT molecular complexity index is 412. The Hall–Kier alpha value is -1.35. The van der Waals surface area contributed by atoms with Gasteiger partial charge < -0.3 is 10.6 Å². The SMILES string of the molecule is CNCC(C)C(=O)NCC1(c2ccccc2)CCC1. The van der Waals surface area contributed by atoms with Gasteiger partial charge >= 0.3 is 0 Å². The number of carbonyl (C=O) groups is 1. The maximum atomic E-state index is 12.0. The lowest BCUT2D eigenvalue weighted by Gasteiger charge is -2.42. The van der Waals surface area contributed by atoms with E-state index in [0.717, 1.165) is 13.1 Å². The summed E-state index contributed by atoms with van der Waals surface area (Å²) in [6, 6.07) is 10.6. The fourth-order valence-electron chi connectivity index (χ4n) is 2.79. The topological polar surface area (TPSA) is 41.1 Å². The van der Waals surface area contributed by atoms with Crippen molar-refractivity contribution in [3.05, 3.63) is 35.9 Å². The van der Waals surface area contributed by atoms with E-state index >= 15 is 0 Å². The van der Waals surface area contributed by atoms with Gasteiger partial charge in [-0.2, -0.15) is 0 Å². The predicted molar refractivity (Wildman–Crippen MR) is 78.1 cm³/mol. The van der Waals surface area contributed by atoms with Crippen molar-refractivity contribution in [1.82, 2.24) is 10.6 Å². The van der Waals surface area contributed by atoms with Gasteiger partial charge in [0.1, 0.15) is 0 Å². The van der Waals surface area contributed by atoms with Gasteiger partial charge in [-0.05, 0) is 25.5 Å². The number of benzene rings is 1. The highest BCUT2D eigenvalue weighted by Gasteiger charge is 2.38. The minimum Gasteiger partial charge on any atom is -0.355 e. The van der Waals surface area contributed by atoms with Crippen molar-refractivity contribution in [2.24, 2.45) is 5.92 Å². The molecule has 1 amide bonds. The molecule has 2 rings (SSSR count). The van der Waals surface area contributed by atoms with Gasteiger partial charge in [-0.3, -0.25) is 4.79 Å². The zero-order chi connectivity index (χ0) is 13.7. The first kappa shape index (κ1) is 14.1. The van der Waals surface area contributed by atoms with Crippen LogP contribution in [0.3, 0.4) is 0 Å². The summed E-state index contributed by atoms with van der Waals surface area (Å²) in [6.07, 6.45) is 3.62. The molecule has 0 aromatic heterocycles. The number of hydrogen-bond acceptors (Lipinski definition) is 2. The second-order valence-electron chi connectivity index (χ2n) is 5.68. The van der Waals surface area contributed by atoms with Crippen molar-refractivity contribution in [3.8, 4) is 0 Å². The number of carbonyl (C=O) groups excluding carboxylic acids is 1. The summed E-state index contributed by atoms with van der Waals surface area (Å²) in [7, 11) is 1.88. The molecule has 0 spiro atoms. The van der Waals surface area contributed by atoms with E-state index in [9.17, 15) is 4.79 Å². The van der Waals surface area contributed by atoms with Gasteiger partial charge in [0, 0.05) is 24.4 Å². The zero-order valence-electron chi connectivity index (χ0n) is 11.9. The van der Waals surface area contributed by atoms with Crippen LogP contribution in [-0.2, 0) is 10.2 Å². The van der Waals surface area contributed by atoms with Crippen LogP contribution in [-0.4, -0.2) is 26.0 Å². The first-order valence-corrected chi connectivity index (χ1v) is 7.16. The standard InChI is InChI=1S/C16H24N2O/c1-13(11-17-2)15(19)18-12-16(9-6-10-16)14-7-4-3-5-8-14/h3-5,7-8,13,17H,6,9-12H2,1-2H3,(H,18,19). The Morgan fingerprint density at radius 3 is 2.53 bits per heavy atom. The molecule has 19 heavy (non-hydrogen) atoms. The van der Waals surface area contributed by atoms with E-state index in [1.54, 1.807) is 0 Å². The van der Waals surface area contributed by atoms with Crippen molar-refractivity contribution >= 4 is 5.91 Å². The van der Waals surface area contributed by atoms with Crippen molar-refractivity contribution in [2.75, 3.05) is 20.1 Å². The summed E-state index contributed by atoms with van der Waals surface area (Å²) in [5, 5.41) is 6.17. The minimum atomic E-state index is 0.0258. The zero-order valence-corrected chi connectivity index (χ0v) is 11.9. The molecule has 1 aromatic rings. The van der Waals surface area contributed by atoms with Gasteiger partial charge in [0.15, 0.2) is 0 Å². The monoisotopic (exact) mass is 260 g/mol. The molecule has 3 nitrogen and oxygen atoms in total. The Balaban J connectivity index is 1.95. The van der Waals surface area contributed by atoms with Gasteiger partial charge in [0.05, 0.1) is 0 Å². The van der Waals surface area contributed by atoms with Gasteiger partial charge in [0.25, 0.3) is 0 Å². The molecule has 1 saturated carbocycles. The fraction of sp³-hybridized carbons (Fsp3) is 0.562. The summed E-state index contributed by atoms with van der Waals surface area (Å²) < 4.78 is 0. The third kappa shape index (κ3) is 3.16. The largest absolute Gasteiger partial charge is 0.355 e. The van der Waals surface area contributed by atoms with Gasteiger partial charge in [-0.15, -0.1) is 0 Å². The molecule has 0 saturated heterocycles. The molecular formula is C16H24N2O. The molecule has 1 fully saturated rings. The van der Waals surface area contributed by atoms with Crippen LogP contribution in [0.2, 0.25) is 0 Å². The van der Waals surface area contributed by atoms with Crippen LogP contribution in [0.1, 0.15) is 31.7 Å². The van der Waals surface area contributed by atoms with Crippen molar-refractivity contribution in [2.45, 2.75) is 31.6 Å². The van der Waals surface area contributed by atoms with E-state index in [4.69, 9.17) is 0 Å². The molecule has 0 bridgehead atoms. The van der Waals surface area contributed by atoms with Crippen LogP contribution in [0.15, 0.2) is 30.3 Å². The molecule has 1 aliphatic rings. The molecule has 104 valence electrons. The lowest BCUT2D eigenvalue weighted by atomic mass is 9.64. The van der Waals surface area contributed by atoms with Crippen LogP contribution in [0.25, 0.3) is 0 Å². The van der Waals surface area contributed by atoms with Gasteiger partial charge in [0.2, 0.25) is 5.91 Å². The molecule has 1 aliphatic carbocycles. The maximum absolute atomic E-state index is 12.0. The maximum Gasteiger partial charge on any atom is 0.224 e. The highest BCUT2D eigenvalue weighted by atomic mass is 16.1. The van der Waals surface area contributed by atoms with E-state index in [2.05, 4.69) is 34.9 Å². The summed E-state index contributed by atoms with van der Waals surface area (Å²) >= 11 is 0. The van der Waals surface area contributed by atoms with Crippen LogP contribution < -0.4 is 10.6 Å². The van der Waals surface area contributed by atoms with Crippen LogP contribution in [0, 0.1) is 5.92 Å². The summed E-state index contributed by atoms with van der Waals surface area (Å²) in [6.45, 7) is 3.45. The van der Waals surface area contributed by atoms with E-state index in [1.807, 2.05) is 20.0 Å². The highest BCUT2D eigenvalue weighted by molar-refractivity contribution is 5.78. The third-order valence-corrected chi connectivity index (χ3v) is 4.26. The Morgan fingerprint density at radius 2 is 2.00 bits per heavy atom. The van der Waals surface area contributed by atoms with E-state index in [0.29, 0.717) is 0 Å². The molecular weight excluding hydrogens is 236 g/mol. The molecule has 1 atom stereocenters. The first-order chi connectivity index (χ1) is 9.18. The van der Waals surface area contributed by atoms with Gasteiger partial charge in [-0.1, -0.05) is 43.7 Å². The first-order valence-electron chi connectivity index (χ1n) is 7.16. The molecule has 0 heterocycles. The number of hydrogen-bond donors (Lipinski definition) is 2. The van der Waals surface area contributed by atoms with Crippen LogP contribution in [0.5, 0.6) is 0 Å². The lowest BCUT2D eigenvalue weighted by Crippen LogP contribution is -2.47. The molecule has 3 heteroatoms. The molecule has 2 N–H and O–H groups in total. The quantitative estimate of drug-likeness (QED) is 0.822. The summed E-state index contributed by atoms with van der Waals surface area (Å²) in [4.78, 5) is 12.0. The second kappa shape index (κ2) is 6.20. The average molecular weight is 260 g/mol. The van der Waals surface area contributed by atoms with Crippen molar-refractivity contribution < 1.29 is 4.79 Å². The molecule has 1 unspecified atom stereocenters. The predicted octanol–water partition coefficient (Wildman–Crippen LogP) is 2.08. The van der Waals surface area contributed by atoms with Crippen molar-refractivity contribution in [3.63, 3.8) is 0 Å². The fourth-order valence-corrected chi connectivity index (χ4v) is 2.79. The van der Waals surface area contributed by atoms with Crippen molar-refractivity contribution in [1.29, 1.82) is 0 Å². The molecule has 0 aliphatic heterocycles. The number of nitrogens with one attached hydrogen (secondary N) is 2. The van der Waals surface area contributed by atoms with Gasteiger partial charge in [-0.25, -0.2) is 0 Å². The second-order valence-corrected chi connectivity index (χ2v) is 5.68. The average Bonchev–Trinajstić information content (AvgIpc) is 2.39. The summed E-state index contributed by atoms with van der Waals surface area (Å²) in [5.41, 5.74) is 1.54. The highest BCUT2D eigenvalue weighted by Crippen LogP contribution is 2.43. The number of amides is 1. The number of rotatable bonds is 6. The minimum absolute atomic E-state index is 0.0258. The van der Waals surface area contributed by atoms with E-state index < -0.39 is 0 Å². The van der Waals surface area contributed by atoms with Crippen LogP contribution in [0.4, 0.5) is 0 Å². The van der Waals surface area contributed by atoms with Crippen LogP contribution >= 0.6 is 0 Å².